The van der Waals surface area contributed by atoms with Gasteiger partial charge in [-0.2, -0.15) is 5.26 Å². The minimum atomic E-state index is -2.60. The van der Waals surface area contributed by atoms with Crippen LogP contribution in [0.15, 0.2) is 83.3 Å². The molecule has 1 saturated carbocycles. The van der Waals surface area contributed by atoms with Gasteiger partial charge in [0.2, 0.25) is 0 Å². The molecule has 0 saturated heterocycles. The Kier molecular flexibility index (Phi) is 7.19. The van der Waals surface area contributed by atoms with Crippen molar-refractivity contribution in [2.24, 2.45) is 5.92 Å². The lowest BCUT2D eigenvalue weighted by Crippen LogP contribution is -2.66. The van der Waals surface area contributed by atoms with Crippen molar-refractivity contribution < 1.29 is 4.43 Å². The van der Waals surface area contributed by atoms with Gasteiger partial charge in [0, 0.05) is 23.0 Å². The van der Waals surface area contributed by atoms with Gasteiger partial charge in [0.05, 0.1) is 5.52 Å². The summed E-state index contributed by atoms with van der Waals surface area (Å²) < 4.78 is 10.5. The molecule has 37 heavy (non-hydrogen) atoms. The van der Waals surface area contributed by atoms with Crippen LogP contribution >= 0.6 is 15.9 Å². The maximum Gasteiger partial charge on any atom is 0.261 e. The minimum absolute atomic E-state index is 0.0581. The molecule has 190 valence electrons. The van der Waals surface area contributed by atoms with Gasteiger partial charge in [0.25, 0.3) is 8.32 Å². The zero-order chi connectivity index (χ0) is 26.2. The molecule has 1 fully saturated rings. The molecule has 1 aliphatic rings. The Hall–Kier alpha value is -2.65. The first-order chi connectivity index (χ1) is 17.8. The molecule has 4 aromatic rings. The van der Waals surface area contributed by atoms with E-state index in [-0.39, 0.29) is 11.0 Å². The second-order valence-electron chi connectivity index (χ2n) is 11.5. The van der Waals surface area contributed by atoms with E-state index in [1.165, 1.54) is 34.2 Å². The fourth-order valence-corrected chi connectivity index (χ4v) is 10.9. The lowest BCUT2D eigenvalue weighted by Gasteiger charge is -2.43. The SMILES string of the molecule is CC(CO[Si](c1ccccc1)(c1ccccc1)C(C)(C)C)Cn1c(C#N)c(C2CC2)c2ccc(Br)cc21. The Balaban J connectivity index is 1.51. The molecule has 0 spiro atoms. The maximum atomic E-state index is 10.2. The van der Waals surface area contributed by atoms with Crippen LogP contribution in [0.1, 0.15) is 57.7 Å². The Morgan fingerprint density at radius 3 is 2.11 bits per heavy atom. The largest absolute Gasteiger partial charge is 0.407 e. The van der Waals surface area contributed by atoms with Crippen LogP contribution in [-0.4, -0.2) is 19.5 Å². The van der Waals surface area contributed by atoms with Crippen LogP contribution < -0.4 is 10.4 Å². The highest BCUT2D eigenvalue weighted by molar-refractivity contribution is 9.10. The van der Waals surface area contributed by atoms with Crippen molar-refractivity contribution in [2.45, 2.75) is 58.0 Å². The van der Waals surface area contributed by atoms with Crippen molar-refractivity contribution in [3.63, 3.8) is 0 Å². The zero-order valence-electron chi connectivity index (χ0n) is 22.2. The van der Waals surface area contributed by atoms with Gasteiger partial charge in [-0.1, -0.05) is 110 Å². The van der Waals surface area contributed by atoms with E-state index in [2.05, 4.69) is 133 Å². The van der Waals surface area contributed by atoms with Crippen LogP contribution in [0.25, 0.3) is 10.9 Å². The summed E-state index contributed by atoms with van der Waals surface area (Å²) in [4.78, 5) is 0. The normalized spacial score (nSPS) is 15.0. The summed E-state index contributed by atoms with van der Waals surface area (Å²) in [6.07, 6.45) is 2.35. The molecular formula is C32H35BrN2OSi. The molecule has 3 nitrogen and oxygen atoms in total. The molecule has 3 aromatic carbocycles. The minimum Gasteiger partial charge on any atom is -0.407 e. The van der Waals surface area contributed by atoms with Crippen LogP contribution in [0.3, 0.4) is 0 Å². The number of rotatable bonds is 8. The standard InChI is InChI=1S/C32H35BrN2OSi/c1-23(21-35-29-19-25(33)17-18-28(29)31(24-15-16-24)30(35)20-34)22-36-37(32(2,3)4,26-11-7-5-8-12-26)27-13-9-6-10-14-27/h5-14,17-19,23-24H,15-16,21-22H2,1-4H3. The molecule has 0 N–H and O–H groups in total. The van der Waals surface area contributed by atoms with Crippen molar-refractivity contribution in [1.29, 1.82) is 5.26 Å². The van der Waals surface area contributed by atoms with Crippen LogP contribution in [-0.2, 0) is 11.0 Å². The average molecular weight is 572 g/mol. The van der Waals surface area contributed by atoms with Crippen LogP contribution in [0.4, 0.5) is 0 Å². The second kappa shape index (κ2) is 10.2. The highest BCUT2D eigenvalue weighted by Crippen LogP contribution is 2.46. The molecule has 1 atom stereocenters. The third-order valence-corrected chi connectivity index (χ3v) is 13.2. The van der Waals surface area contributed by atoms with Crippen molar-refractivity contribution in [3.8, 4) is 6.07 Å². The van der Waals surface area contributed by atoms with Crippen LogP contribution in [0.2, 0.25) is 5.04 Å². The van der Waals surface area contributed by atoms with E-state index in [1.54, 1.807) is 0 Å². The summed E-state index contributed by atoms with van der Waals surface area (Å²) in [5.41, 5.74) is 3.21. The average Bonchev–Trinajstić information content (AvgIpc) is 3.68. The van der Waals surface area contributed by atoms with Gasteiger partial charge in [-0.25, -0.2) is 0 Å². The number of hydrogen-bond donors (Lipinski definition) is 0. The molecule has 5 heteroatoms. The first-order valence-electron chi connectivity index (χ1n) is 13.2. The predicted octanol–water partition coefficient (Wildman–Crippen LogP) is 7.37. The Bertz CT molecular complexity index is 1390. The summed E-state index contributed by atoms with van der Waals surface area (Å²) in [5.74, 6) is 0.749. The van der Waals surface area contributed by atoms with E-state index in [0.717, 1.165) is 22.2 Å². The Morgan fingerprint density at radius 1 is 1.00 bits per heavy atom. The third-order valence-electron chi connectivity index (χ3n) is 7.65. The van der Waals surface area contributed by atoms with E-state index in [9.17, 15) is 5.26 Å². The number of hydrogen-bond acceptors (Lipinski definition) is 2. The Morgan fingerprint density at radius 2 is 1.59 bits per heavy atom. The number of nitrogens with zero attached hydrogens (tertiary/aromatic N) is 2. The topological polar surface area (TPSA) is 38.0 Å². The van der Waals surface area contributed by atoms with Gasteiger partial charge >= 0.3 is 0 Å². The second-order valence-corrected chi connectivity index (χ2v) is 16.7. The van der Waals surface area contributed by atoms with E-state index in [0.29, 0.717) is 12.5 Å². The smallest absolute Gasteiger partial charge is 0.261 e. The Labute approximate surface area is 230 Å². The highest BCUT2D eigenvalue weighted by atomic mass is 79.9. The highest BCUT2D eigenvalue weighted by Gasteiger charge is 2.50. The third kappa shape index (κ3) is 4.83. The van der Waals surface area contributed by atoms with Crippen molar-refractivity contribution >= 4 is 45.5 Å². The summed E-state index contributed by atoms with van der Waals surface area (Å²) in [7, 11) is -2.60. The lowest BCUT2D eigenvalue weighted by molar-refractivity contribution is 0.232. The van der Waals surface area contributed by atoms with Crippen LogP contribution in [0, 0.1) is 17.2 Å². The first kappa shape index (κ1) is 26.0. The zero-order valence-corrected chi connectivity index (χ0v) is 24.8. The monoisotopic (exact) mass is 570 g/mol. The molecule has 0 bridgehead atoms. The summed E-state index contributed by atoms with van der Waals surface area (Å²) in [5, 5.41) is 14.0. The number of halogens is 1. The van der Waals surface area contributed by atoms with E-state index >= 15 is 0 Å². The molecule has 1 aliphatic carbocycles. The van der Waals surface area contributed by atoms with E-state index in [1.807, 2.05) is 0 Å². The van der Waals surface area contributed by atoms with Crippen LogP contribution in [0.5, 0.6) is 0 Å². The van der Waals surface area contributed by atoms with Gasteiger partial charge in [0.1, 0.15) is 11.8 Å². The molecule has 0 radical (unpaired) electrons. The summed E-state index contributed by atoms with van der Waals surface area (Å²) >= 11 is 3.66. The first-order valence-corrected chi connectivity index (χ1v) is 15.9. The van der Waals surface area contributed by atoms with Crippen molar-refractivity contribution in [3.05, 3.63) is 94.6 Å². The molecule has 0 aliphatic heterocycles. The quantitative estimate of drug-likeness (QED) is 0.207. The molecular weight excluding hydrogens is 536 g/mol. The molecule has 1 unspecified atom stereocenters. The fraction of sp³-hybridized carbons (Fsp3) is 0.344. The predicted molar refractivity (Wildman–Crippen MR) is 159 cm³/mol. The number of fused-ring (bicyclic) bond motifs is 1. The van der Waals surface area contributed by atoms with E-state index < -0.39 is 8.32 Å². The van der Waals surface area contributed by atoms with Gasteiger partial charge in [-0.15, -0.1) is 0 Å². The number of nitriles is 1. The lowest BCUT2D eigenvalue weighted by atomic mass is 10.1. The van der Waals surface area contributed by atoms with Gasteiger partial charge in [-0.3, -0.25) is 0 Å². The number of aromatic nitrogens is 1. The van der Waals surface area contributed by atoms with Gasteiger partial charge in [-0.05, 0) is 57.8 Å². The number of benzene rings is 3. The molecule has 1 aromatic heterocycles. The van der Waals surface area contributed by atoms with Gasteiger partial charge in [0.15, 0.2) is 0 Å². The van der Waals surface area contributed by atoms with Crippen molar-refractivity contribution in [2.75, 3.05) is 6.61 Å². The van der Waals surface area contributed by atoms with Gasteiger partial charge < -0.3 is 8.99 Å². The molecule has 1 heterocycles. The summed E-state index contributed by atoms with van der Waals surface area (Å²) in [6.45, 7) is 10.6. The van der Waals surface area contributed by atoms with E-state index in [4.69, 9.17) is 4.43 Å². The molecule has 5 rings (SSSR count). The molecule has 0 amide bonds. The fourth-order valence-electron chi connectivity index (χ4n) is 5.84. The summed E-state index contributed by atoms with van der Waals surface area (Å²) in [6, 6.07) is 30.6. The van der Waals surface area contributed by atoms with Crippen molar-refractivity contribution in [1.82, 2.24) is 4.57 Å². The maximum absolute atomic E-state index is 10.2.